The van der Waals surface area contributed by atoms with Crippen molar-refractivity contribution in [2.75, 3.05) is 33.8 Å². The van der Waals surface area contributed by atoms with E-state index in [0.29, 0.717) is 37.7 Å². The zero-order valence-electron chi connectivity index (χ0n) is 25.9. The molecule has 47 heavy (non-hydrogen) atoms. The molecule has 3 aliphatic heterocycles. The standard InChI is InChI=1S/C33H34N6O7S/c1-34-32(42)27-8-7-24(46-27)15-39-16-26-28(17-39)45-23-5-3-20(4-6-23)14-36-29(40)19-44-25-12-21(31(41)37-26)11-22(13-25)33(43)38(2)18-30-35-9-10-47-30/h3-13,26,28H,14-19H2,1-2H3,(H,34,42)(H,36,40)(H,37,41)/t26-,28-/m0/s1. The van der Waals surface area contributed by atoms with Crippen LogP contribution in [0.2, 0.25) is 0 Å². The van der Waals surface area contributed by atoms with Crippen molar-refractivity contribution in [1.29, 1.82) is 0 Å². The molecule has 7 rings (SSSR count). The molecule has 5 heterocycles. The monoisotopic (exact) mass is 658 g/mol. The van der Waals surface area contributed by atoms with Gasteiger partial charge in [-0.05, 0) is 48.0 Å². The summed E-state index contributed by atoms with van der Waals surface area (Å²) in [5.74, 6) is 0.195. The Labute approximate surface area is 274 Å². The predicted octanol–water partition coefficient (Wildman–Crippen LogP) is 2.44. The number of thiazole rings is 1. The van der Waals surface area contributed by atoms with Crippen LogP contribution < -0.4 is 25.4 Å². The number of fused-ring (bicyclic) bond motifs is 7. The molecule has 0 spiro atoms. The number of nitrogens with zero attached hydrogens (tertiary/aromatic N) is 3. The molecule has 4 aromatic rings. The lowest BCUT2D eigenvalue weighted by molar-refractivity contribution is -0.123. The van der Waals surface area contributed by atoms with E-state index in [0.717, 1.165) is 10.6 Å². The van der Waals surface area contributed by atoms with Crippen molar-refractivity contribution in [2.24, 2.45) is 0 Å². The molecule has 0 radical (unpaired) electrons. The number of hydrogen-bond acceptors (Lipinski definition) is 10. The Morgan fingerprint density at radius 1 is 1.09 bits per heavy atom. The summed E-state index contributed by atoms with van der Waals surface area (Å²) in [5.41, 5.74) is 1.30. The van der Waals surface area contributed by atoms with Gasteiger partial charge in [0.25, 0.3) is 23.6 Å². The molecule has 2 aromatic carbocycles. The molecule has 2 atom stereocenters. The molecule has 2 aromatic heterocycles. The van der Waals surface area contributed by atoms with Crippen LogP contribution in [0.25, 0.3) is 0 Å². The fourth-order valence-corrected chi connectivity index (χ4v) is 6.11. The second-order valence-corrected chi connectivity index (χ2v) is 12.3. The Balaban J connectivity index is 1.27. The zero-order valence-corrected chi connectivity index (χ0v) is 26.7. The minimum atomic E-state index is -0.439. The minimum absolute atomic E-state index is 0.195. The van der Waals surface area contributed by atoms with Gasteiger partial charge in [0.2, 0.25) is 0 Å². The summed E-state index contributed by atoms with van der Waals surface area (Å²) in [6, 6.07) is 14.9. The van der Waals surface area contributed by atoms with E-state index in [9.17, 15) is 19.2 Å². The number of hydrogen-bond donors (Lipinski definition) is 3. The first-order valence-electron chi connectivity index (χ1n) is 15.0. The van der Waals surface area contributed by atoms with E-state index in [4.69, 9.17) is 13.9 Å². The fourth-order valence-electron chi connectivity index (χ4n) is 5.44. The molecular weight excluding hydrogens is 624 g/mol. The highest BCUT2D eigenvalue weighted by Crippen LogP contribution is 2.24. The van der Waals surface area contributed by atoms with Gasteiger partial charge in [-0.25, -0.2) is 4.98 Å². The van der Waals surface area contributed by atoms with E-state index < -0.39 is 18.1 Å². The van der Waals surface area contributed by atoms with Gasteiger partial charge >= 0.3 is 0 Å². The fraction of sp³-hybridized carbons (Fsp3) is 0.303. The number of carbonyl (C=O) groups is 4. The second-order valence-electron chi connectivity index (χ2n) is 11.3. The summed E-state index contributed by atoms with van der Waals surface area (Å²) < 4.78 is 17.9. The molecule has 244 valence electrons. The Kier molecular flexibility index (Phi) is 9.50. The SMILES string of the molecule is CNC(=O)c1ccc(CN2C[C@@H]3NC(=O)c4cc(cc(C(=O)N(C)Cc5nccs5)c4)OCC(=O)NCc4ccc(cc4)O[C@H]3C2)o1. The Morgan fingerprint density at radius 2 is 1.91 bits per heavy atom. The lowest BCUT2D eigenvalue weighted by Crippen LogP contribution is -2.45. The number of likely N-dealkylation sites (tertiary alicyclic amines) is 1. The van der Waals surface area contributed by atoms with Crippen molar-refractivity contribution in [1.82, 2.24) is 30.7 Å². The molecule has 13 nitrogen and oxygen atoms in total. The quantitative estimate of drug-likeness (QED) is 0.283. The van der Waals surface area contributed by atoms with Crippen LogP contribution in [0.1, 0.15) is 47.6 Å². The molecule has 0 saturated carbocycles. The third-order valence-electron chi connectivity index (χ3n) is 7.84. The molecule has 0 aliphatic carbocycles. The van der Waals surface area contributed by atoms with Crippen LogP contribution in [0.3, 0.4) is 0 Å². The predicted molar refractivity (Wildman–Crippen MR) is 171 cm³/mol. The maximum atomic E-state index is 13.8. The minimum Gasteiger partial charge on any atom is -0.487 e. The van der Waals surface area contributed by atoms with Gasteiger partial charge in [0.1, 0.15) is 28.4 Å². The summed E-state index contributed by atoms with van der Waals surface area (Å²) in [5, 5.41) is 11.1. The first kappa shape index (κ1) is 31.8. The largest absolute Gasteiger partial charge is 0.487 e. The van der Waals surface area contributed by atoms with E-state index in [-0.39, 0.29) is 53.5 Å². The Hall–Kier alpha value is -5.21. The van der Waals surface area contributed by atoms with E-state index in [2.05, 4.69) is 25.8 Å². The van der Waals surface area contributed by atoms with Crippen LogP contribution in [0, 0.1) is 0 Å². The molecule has 0 unspecified atom stereocenters. The van der Waals surface area contributed by atoms with Gasteiger partial charge in [-0.3, -0.25) is 24.1 Å². The first-order chi connectivity index (χ1) is 22.7. The van der Waals surface area contributed by atoms with E-state index >= 15 is 0 Å². The summed E-state index contributed by atoms with van der Waals surface area (Å²) in [6.07, 6.45) is 1.24. The molecule has 4 amide bonds. The average molecular weight is 659 g/mol. The van der Waals surface area contributed by atoms with Crippen molar-refractivity contribution in [3.8, 4) is 11.5 Å². The molecule has 4 bridgehead atoms. The number of carbonyl (C=O) groups excluding carboxylic acids is 4. The van der Waals surface area contributed by atoms with Crippen LogP contribution in [-0.4, -0.2) is 84.4 Å². The van der Waals surface area contributed by atoms with Gasteiger partial charge in [-0.1, -0.05) is 12.1 Å². The molecule has 14 heteroatoms. The van der Waals surface area contributed by atoms with Gasteiger partial charge in [0.05, 0.1) is 19.1 Å². The Bertz CT molecular complexity index is 1760. The molecule has 1 saturated heterocycles. The Morgan fingerprint density at radius 3 is 2.68 bits per heavy atom. The van der Waals surface area contributed by atoms with E-state index in [1.807, 2.05) is 29.6 Å². The number of amides is 4. The van der Waals surface area contributed by atoms with Crippen LogP contribution in [0.5, 0.6) is 11.5 Å². The number of benzene rings is 2. The topological polar surface area (TPSA) is 155 Å². The number of furan rings is 1. The van der Waals surface area contributed by atoms with Crippen LogP contribution in [-0.2, 0) is 24.4 Å². The summed E-state index contributed by atoms with van der Waals surface area (Å²) in [6.45, 7) is 1.57. The van der Waals surface area contributed by atoms with E-state index in [1.165, 1.54) is 41.5 Å². The van der Waals surface area contributed by atoms with Crippen molar-refractivity contribution < 1.29 is 33.1 Å². The van der Waals surface area contributed by atoms with Gasteiger partial charge < -0.3 is 34.7 Å². The van der Waals surface area contributed by atoms with Crippen LogP contribution in [0.15, 0.2) is 70.6 Å². The van der Waals surface area contributed by atoms with E-state index in [1.54, 1.807) is 25.4 Å². The molecule has 3 N–H and O–H groups in total. The highest BCUT2D eigenvalue weighted by Gasteiger charge is 2.36. The number of ether oxygens (including phenoxy) is 2. The lowest BCUT2D eigenvalue weighted by atomic mass is 10.1. The normalized spacial score (nSPS) is 18.3. The highest BCUT2D eigenvalue weighted by atomic mass is 32.1. The molecule has 3 aliphatic rings. The van der Waals surface area contributed by atoms with Gasteiger partial charge in [0.15, 0.2) is 12.4 Å². The number of rotatable bonds is 6. The summed E-state index contributed by atoms with van der Waals surface area (Å²) in [7, 11) is 3.19. The van der Waals surface area contributed by atoms with Gasteiger partial charge in [0, 0.05) is 56.4 Å². The smallest absolute Gasteiger partial charge is 0.286 e. The maximum absolute atomic E-state index is 13.8. The first-order valence-corrected chi connectivity index (χ1v) is 15.9. The van der Waals surface area contributed by atoms with Crippen molar-refractivity contribution >= 4 is 35.0 Å². The third kappa shape index (κ3) is 7.79. The highest BCUT2D eigenvalue weighted by molar-refractivity contribution is 7.09. The number of nitrogens with one attached hydrogen (secondary N) is 3. The van der Waals surface area contributed by atoms with Crippen LogP contribution >= 0.6 is 11.3 Å². The summed E-state index contributed by atoms with van der Waals surface area (Å²) >= 11 is 1.44. The van der Waals surface area contributed by atoms with Crippen molar-refractivity contribution in [3.63, 3.8) is 0 Å². The second kappa shape index (κ2) is 14.1. The summed E-state index contributed by atoms with van der Waals surface area (Å²) in [4.78, 5) is 59.7. The molecular formula is C33H34N6O7S. The molecule has 1 fully saturated rings. The van der Waals surface area contributed by atoms with Crippen LogP contribution in [0.4, 0.5) is 0 Å². The average Bonchev–Trinajstić information content (AvgIpc) is 3.85. The maximum Gasteiger partial charge on any atom is 0.286 e. The van der Waals surface area contributed by atoms with Crippen molar-refractivity contribution in [3.05, 3.63) is 99.4 Å². The van der Waals surface area contributed by atoms with Gasteiger partial charge in [-0.15, -0.1) is 11.3 Å². The third-order valence-corrected chi connectivity index (χ3v) is 8.60. The number of aromatic nitrogens is 1. The zero-order chi connectivity index (χ0) is 32.9. The van der Waals surface area contributed by atoms with Gasteiger partial charge in [-0.2, -0.15) is 0 Å². The van der Waals surface area contributed by atoms with Crippen molar-refractivity contribution in [2.45, 2.75) is 31.8 Å². The lowest BCUT2D eigenvalue weighted by Gasteiger charge is -2.22.